The standard InChI is InChI=1S/C17H12N.C9H6N2.Ir/c1-2-7-14(8-3-1)15-9-6-10-16(13-15)17-11-4-5-12-18-17;1-2-4-9(5-3-1)11-7-6-10-8-11;/h1-9,11-13H;1-4,6-7H;/q-1;;. The van der Waals surface area contributed by atoms with Crippen molar-refractivity contribution in [2.45, 2.75) is 0 Å². The maximum Gasteiger partial charge on any atom is 0.321 e. The predicted octanol–water partition coefficient (Wildman–Crippen LogP) is 6.00. The van der Waals surface area contributed by atoms with Gasteiger partial charge in [-0.3, -0.25) is 0 Å². The Labute approximate surface area is 190 Å². The first-order chi connectivity index (χ1) is 14.4. The van der Waals surface area contributed by atoms with Crippen LogP contribution in [0, 0.1) is 12.1 Å². The van der Waals surface area contributed by atoms with E-state index in [9.17, 15) is 0 Å². The van der Waals surface area contributed by atoms with Crippen molar-refractivity contribution >= 4 is 11.7 Å². The molecule has 3 nitrogen and oxygen atoms in total. The number of benzene rings is 3. The molecule has 5 rings (SSSR count). The Hall–Kier alpha value is -3.42. The molecule has 0 spiro atoms. The summed E-state index contributed by atoms with van der Waals surface area (Å²) in [7, 11) is 0. The van der Waals surface area contributed by atoms with Crippen LogP contribution in [0.1, 0.15) is 0 Å². The van der Waals surface area contributed by atoms with Gasteiger partial charge in [0.25, 0.3) is 0 Å². The third kappa shape index (κ3) is 5.56. The number of aromatic nitrogens is 1. The number of hydrogen-bond acceptors (Lipinski definition) is 2. The minimum Gasteiger partial charge on any atom is -0.305 e. The molecular weight excluding hydrogens is 547 g/mol. The second-order valence-electron chi connectivity index (χ2n) is 6.22. The Morgan fingerprint density at radius 2 is 1.60 bits per heavy atom. The minimum atomic E-state index is 0. The number of para-hydroxylation sites is 1. The van der Waals surface area contributed by atoms with Gasteiger partial charge in [0.05, 0.1) is 0 Å². The van der Waals surface area contributed by atoms with Crippen LogP contribution >= 0.6 is 0 Å². The summed E-state index contributed by atoms with van der Waals surface area (Å²) in [4.78, 5) is 8.17. The van der Waals surface area contributed by atoms with Crippen molar-refractivity contribution in [2.75, 3.05) is 0 Å². The van der Waals surface area contributed by atoms with Crippen LogP contribution in [0.3, 0.4) is 0 Å². The first-order valence-electron chi connectivity index (χ1n) is 9.27. The molecule has 147 valence electrons. The van der Waals surface area contributed by atoms with E-state index in [1.54, 1.807) is 17.0 Å². The third-order valence-electron chi connectivity index (χ3n) is 4.26. The molecule has 1 aliphatic heterocycles. The van der Waals surface area contributed by atoms with E-state index >= 15 is 0 Å². The van der Waals surface area contributed by atoms with Gasteiger partial charge in [0.15, 0.2) is 6.20 Å². The van der Waals surface area contributed by atoms with Crippen molar-refractivity contribution in [2.24, 2.45) is 4.99 Å². The van der Waals surface area contributed by atoms with E-state index in [0.717, 1.165) is 16.9 Å². The zero-order chi connectivity index (χ0) is 19.7. The number of nitrogens with zero attached hydrogens (tertiary/aromatic N) is 3. The first-order valence-corrected chi connectivity index (χ1v) is 9.27. The summed E-state index contributed by atoms with van der Waals surface area (Å²) < 4.78 is 1.79. The van der Waals surface area contributed by atoms with Gasteiger partial charge >= 0.3 is 6.01 Å². The summed E-state index contributed by atoms with van der Waals surface area (Å²) >= 11 is 0. The normalized spacial score (nSPS) is 11.1. The average molecular weight is 565 g/mol. The molecule has 2 heterocycles. The minimum absolute atomic E-state index is 0. The largest absolute Gasteiger partial charge is 0.321 e. The molecule has 0 saturated carbocycles. The summed E-state index contributed by atoms with van der Waals surface area (Å²) in [6.07, 6.45) is 5.34. The molecule has 1 radical (unpaired) electrons. The summed E-state index contributed by atoms with van der Waals surface area (Å²) in [5, 5.41) is 0. The molecule has 0 saturated heterocycles. The van der Waals surface area contributed by atoms with Crippen molar-refractivity contribution < 1.29 is 24.7 Å². The van der Waals surface area contributed by atoms with Gasteiger partial charge in [-0.05, 0) is 17.3 Å². The quantitative estimate of drug-likeness (QED) is 0.222. The van der Waals surface area contributed by atoms with E-state index in [1.807, 2.05) is 72.9 Å². The smallest absolute Gasteiger partial charge is 0.305 e. The molecule has 30 heavy (non-hydrogen) atoms. The second kappa shape index (κ2) is 10.9. The topological polar surface area (TPSA) is 28.3 Å². The van der Waals surface area contributed by atoms with E-state index in [2.05, 4.69) is 52.4 Å². The van der Waals surface area contributed by atoms with Gasteiger partial charge < -0.3 is 4.98 Å². The van der Waals surface area contributed by atoms with Crippen LogP contribution in [-0.2, 0) is 20.1 Å². The molecular formula is C26H18IrN3-. The van der Waals surface area contributed by atoms with E-state index < -0.39 is 0 Å². The molecule has 0 bridgehead atoms. The van der Waals surface area contributed by atoms with E-state index in [0.29, 0.717) is 0 Å². The molecule has 0 unspecified atom stereocenters. The van der Waals surface area contributed by atoms with Gasteiger partial charge in [0, 0.05) is 37.0 Å². The zero-order valence-corrected chi connectivity index (χ0v) is 18.5. The van der Waals surface area contributed by atoms with Crippen molar-refractivity contribution in [3.63, 3.8) is 0 Å². The molecule has 4 aromatic rings. The Morgan fingerprint density at radius 3 is 2.30 bits per heavy atom. The molecule has 0 atom stereocenters. The van der Waals surface area contributed by atoms with Gasteiger partial charge in [0.2, 0.25) is 0 Å². The van der Waals surface area contributed by atoms with Crippen molar-refractivity contribution in [1.82, 2.24) is 4.98 Å². The van der Waals surface area contributed by atoms with Gasteiger partial charge in [0.1, 0.15) is 6.20 Å². The van der Waals surface area contributed by atoms with E-state index in [1.165, 1.54) is 11.1 Å². The maximum atomic E-state index is 4.35. The molecule has 0 aliphatic carbocycles. The van der Waals surface area contributed by atoms with Crippen LogP contribution in [-0.4, -0.2) is 15.6 Å². The van der Waals surface area contributed by atoms with Gasteiger partial charge in [-0.2, -0.15) is 22.8 Å². The fourth-order valence-corrected chi connectivity index (χ4v) is 2.84. The number of aliphatic imine (C=N–C) groups is 1. The van der Waals surface area contributed by atoms with Crippen LogP contribution < -0.4 is 0 Å². The van der Waals surface area contributed by atoms with E-state index in [4.69, 9.17) is 0 Å². The number of hydrogen-bond donors (Lipinski definition) is 0. The van der Waals surface area contributed by atoms with Crippen molar-refractivity contribution in [1.29, 1.82) is 0 Å². The van der Waals surface area contributed by atoms with Gasteiger partial charge in [-0.15, -0.1) is 47.5 Å². The fraction of sp³-hybridized carbons (Fsp3) is 0. The van der Waals surface area contributed by atoms with Crippen LogP contribution in [0.4, 0.5) is 5.69 Å². The van der Waals surface area contributed by atoms with Crippen LogP contribution in [0.25, 0.3) is 22.4 Å². The SMILES string of the molecule is C1=NC=C[N+]=1c1[c-]cccc1.[Ir].[c-]1ccc(-c2ccccc2)cc1-c1ccccn1. The maximum absolute atomic E-state index is 4.35. The summed E-state index contributed by atoms with van der Waals surface area (Å²) in [5.41, 5.74) is 5.34. The number of pyridine rings is 1. The first kappa shape index (κ1) is 21.3. The Kier molecular flexibility index (Phi) is 7.77. The second-order valence-corrected chi connectivity index (χ2v) is 6.22. The monoisotopic (exact) mass is 565 g/mol. The van der Waals surface area contributed by atoms with E-state index in [-0.39, 0.29) is 20.1 Å². The average Bonchev–Trinajstić information content (AvgIpc) is 3.37. The molecule has 4 heteroatoms. The Balaban J connectivity index is 0.000000184. The summed E-state index contributed by atoms with van der Waals surface area (Å²) in [5.74, 6) is 0. The molecule has 1 aromatic heterocycles. The van der Waals surface area contributed by atoms with Crippen LogP contribution in [0.2, 0.25) is 0 Å². The summed E-state index contributed by atoms with van der Waals surface area (Å²) in [6.45, 7) is 0. The molecule has 1 aliphatic rings. The molecule has 0 fully saturated rings. The van der Waals surface area contributed by atoms with Crippen LogP contribution in [0.15, 0.2) is 115 Å². The third-order valence-corrected chi connectivity index (χ3v) is 4.26. The fourth-order valence-electron chi connectivity index (χ4n) is 2.84. The predicted molar refractivity (Wildman–Crippen MR) is 116 cm³/mol. The zero-order valence-electron chi connectivity index (χ0n) is 16.1. The van der Waals surface area contributed by atoms with Gasteiger partial charge in [-0.1, -0.05) is 42.5 Å². The van der Waals surface area contributed by atoms with Crippen molar-refractivity contribution in [3.05, 3.63) is 122 Å². The van der Waals surface area contributed by atoms with Crippen molar-refractivity contribution in [3.8, 4) is 22.4 Å². The Morgan fingerprint density at radius 1 is 0.767 bits per heavy atom. The molecule has 3 aromatic carbocycles. The van der Waals surface area contributed by atoms with Gasteiger partial charge in [-0.25, -0.2) is 0 Å². The van der Waals surface area contributed by atoms with Crippen LogP contribution in [0.5, 0.6) is 0 Å². The summed E-state index contributed by atoms with van der Waals surface area (Å²) in [6, 6.07) is 39.2. The molecule has 0 N–H and O–H groups in total. The molecule has 0 amide bonds. The Bertz CT molecular complexity index is 1110. The number of rotatable bonds is 3.